The van der Waals surface area contributed by atoms with Gasteiger partial charge in [0.25, 0.3) is 0 Å². The second kappa shape index (κ2) is 20.0. The first-order valence-electron chi connectivity index (χ1n) is 14.6. The van der Waals surface area contributed by atoms with Crippen molar-refractivity contribution in [3.8, 4) is 5.75 Å². The molecule has 3 aromatic carbocycles. The van der Waals surface area contributed by atoms with Crippen molar-refractivity contribution in [1.82, 2.24) is 4.90 Å². The van der Waals surface area contributed by atoms with Crippen molar-refractivity contribution in [2.24, 2.45) is 0 Å². The van der Waals surface area contributed by atoms with Crippen LogP contribution in [-0.4, -0.2) is 60.7 Å². The maximum absolute atomic E-state index is 13.2. The number of aromatic nitrogens is 1. The summed E-state index contributed by atoms with van der Waals surface area (Å²) >= 11 is 12.6. The number of benzene rings is 3. The third-order valence-corrected chi connectivity index (χ3v) is 7.65. The van der Waals surface area contributed by atoms with E-state index >= 15 is 0 Å². The number of carbonyl (C=O) groups is 1. The quantitative estimate of drug-likeness (QED) is 0.149. The highest BCUT2D eigenvalue weighted by molar-refractivity contribution is 7.84. The summed E-state index contributed by atoms with van der Waals surface area (Å²) < 4.78 is 35.2. The van der Waals surface area contributed by atoms with Gasteiger partial charge in [-0.25, -0.2) is 13.0 Å². The molecule has 4 N–H and O–H groups in total. The fraction of sp³-hybridized carbons (Fsp3) is 0.314. The van der Waals surface area contributed by atoms with Gasteiger partial charge < -0.3 is 25.1 Å². The molecular formula is C35H44Cl2N2O7S. The van der Waals surface area contributed by atoms with E-state index in [1.807, 2.05) is 74.3 Å². The standard InChI is InChI=1S/C34H37Cl2N2O2.CH4O3S.2H2O/c1-25(2)40-31-11-7-10-28(21-31)22-34(39)37(3)24-30(29-12-13-32(35)33(36)23-29)16-19-38-17-14-27(15-18-38)20-26-8-5-4-6-9-26;1-5(2,3)4;;/h4-15,17-18,21,23,25,30H,16,19-20,22,24H2,1-3H3;1H3,(H,2,3,4);2*1H2/q+1;;;/p-1. The summed E-state index contributed by atoms with van der Waals surface area (Å²) in [6, 6.07) is 28.4. The molecule has 1 unspecified atom stereocenters. The lowest BCUT2D eigenvalue weighted by Crippen LogP contribution is -2.36. The molecular weight excluding hydrogens is 663 g/mol. The number of rotatable bonds is 12. The smallest absolute Gasteiger partial charge is 0.226 e. The molecule has 256 valence electrons. The zero-order chi connectivity index (χ0) is 33.0. The van der Waals surface area contributed by atoms with E-state index in [9.17, 15) is 4.79 Å². The Hall–Kier alpha value is -3.51. The summed E-state index contributed by atoms with van der Waals surface area (Å²) in [6.45, 7) is 5.37. The molecule has 4 rings (SSSR count). The van der Waals surface area contributed by atoms with Gasteiger partial charge in [0.1, 0.15) is 12.3 Å². The molecule has 0 saturated heterocycles. The van der Waals surface area contributed by atoms with Crippen molar-refractivity contribution in [3.05, 3.63) is 130 Å². The predicted molar refractivity (Wildman–Crippen MR) is 186 cm³/mol. The number of likely N-dealkylation sites (N-methyl/N-ethyl adjacent to an activating group) is 1. The lowest BCUT2D eigenvalue weighted by Gasteiger charge is -2.24. The van der Waals surface area contributed by atoms with Crippen LogP contribution in [0.15, 0.2) is 97.3 Å². The largest absolute Gasteiger partial charge is 0.748 e. The van der Waals surface area contributed by atoms with Crippen LogP contribution in [0.2, 0.25) is 10.0 Å². The van der Waals surface area contributed by atoms with Gasteiger partial charge >= 0.3 is 0 Å². The second-order valence-corrected chi connectivity index (χ2v) is 13.5. The second-order valence-electron chi connectivity index (χ2n) is 11.2. The van der Waals surface area contributed by atoms with Crippen molar-refractivity contribution in [2.75, 3.05) is 19.8 Å². The zero-order valence-corrected chi connectivity index (χ0v) is 29.4. The van der Waals surface area contributed by atoms with Crippen LogP contribution < -0.4 is 9.30 Å². The topological polar surface area (TPSA) is 154 Å². The van der Waals surface area contributed by atoms with Crippen LogP contribution in [0, 0.1) is 0 Å². The molecule has 0 aliphatic heterocycles. The van der Waals surface area contributed by atoms with Gasteiger partial charge in [-0.15, -0.1) is 0 Å². The normalized spacial score (nSPS) is 11.3. The number of ether oxygens (including phenoxy) is 1. The number of halogens is 2. The fourth-order valence-corrected chi connectivity index (χ4v) is 5.07. The summed E-state index contributed by atoms with van der Waals surface area (Å²) in [5.41, 5.74) is 4.58. The van der Waals surface area contributed by atoms with Crippen molar-refractivity contribution in [2.45, 2.75) is 51.7 Å². The van der Waals surface area contributed by atoms with E-state index in [0.717, 1.165) is 36.3 Å². The van der Waals surface area contributed by atoms with E-state index in [-0.39, 0.29) is 28.9 Å². The van der Waals surface area contributed by atoms with Crippen LogP contribution in [-0.2, 0) is 34.3 Å². The highest BCUT2D eigenvalue weighted by Crippen LogP contribution is 2.29. The maximum atomic E-state index is 13.2. The van der Waals surface area contributed by atoms with Crippen molar-refractivity contribution in [1.29, 1.82) is 0 Å². The minimum Gasteiger partial charge on any atom is -0.748 e. The van der Waals surface area contributed by atoms with Gasteiger partial charge in [-0.3, -0.25) is 4.79 Å². The maximum Gasteiger partial charge on any atom is 0.226 e. The molecule has 0 aliphatic carbocycles. The van der Waals surface area contributed by atoms with Crippen LogP contribution in [0.5, 0.6) is 5.75 Å². The van der Waals surface area contributed by atoms with Gasteiger partial charge in [-0.2, -0.15) is 0 Å². The van der Waals surface area contributed by atoms with E-state index in [4.69, 9.17) is 40.9 Å². The summed E-state index contributed by atoms with van der Waals surface area (Å²) in [7, 11) is -2.05. The van der Waals surface area contributed by atoms with Crippen LogP contribution in [0.1, 0.15) is 48.4 Å². The molecule has 4 aromatic rings. The van der Waals surface area contributed by atoms with Gasteiger partial charge in [-0.1, -0.05) is 71.7 Å². The first-order chi connectivity index (χ1) is 21.3. The average Bonchev–Trinajstić information content (AvgIpc) is 2.97. The van der Waals surface area contributed by atoms with Gasteiger partial charge in [0.05, 0.1) is 32.7 Å². The van der Waals surface area contributed by atoms with Gasteiger partial charge in [0.15, 0.2) is 12.4 Å². The summed E-state index contributed by atoms with van der Waals surface area (Å²) in [6.07, 6.45) is 7.02. The lowest BCUT2D eigenvalue weighted by molar-refractivity contribution is -0.697. The molecule has 1 aromatic heterocycles. The number of pyridine rings is 1. The Bertz CT molecular complexity index is 1630. The number of hydrogen-bond donors (Lipinski definition) is 0. The molecule has 9 nitrogen and oxygen atoms in total. The van der Waals surface area contributed by atoms with Crippen LogP contribution in [0.25, 0.3) is 0 Å². The van der Waals surface area contributed by atoms with E-state index in [2.05, 4.69) is 53.4 Å². The molecule has 1 amide bonds. The average molecular weight is 708 g/mol. The Morgan fingerprint density at radius 3 is 2.06 bits per heavy atom. The number of carbonyl (C=O) groups excluding carboxylic acids is 1. The predicted octanol–water partition coefficient (Wildman–Crippen LogP) is 5.05. The third-order valence-electron chi connectivity index (χ3n) is 6.91. The Balaban J connectivity index is 0.00000147. The monoisotopic (exact) mass is 706 g/mol. The van der Waals surface area contributed by atoms with Gasteiger partial charge in [0, 0.05) is 44.3 Å². The summed E-state index contributed by atoms with van der Waals surface area (Å²) in [5.74, 6) is 0.934. The van der Waals surface area contributed by atoms with Gasteiger partial charge in [0.2, 0.25) is 5.91 Å². The van der Waals surface area contributed by atoms with Crippen molar-refractivity contribution >= 4 is 39.2 Å². The Morgan fingerprint density at radius 2 is 1.47 bits per heavy atom. The summed E-state index contributed by atoms with van der Waals surface area (Å²) in [5, 5.41) is 1.05. The molecule has 1 heterocycles. The first-order valence-corrected chi connectivity index (χ1v) is 17.2. The Labute approximate surface area is 288 Å². The van der Waals surface area contributed by atoms with E-state index in [1.54, 1.807) is 0 Å². The third kappa shape index (κ3) is 15.8. The Morgan fingerprint density at radius 1 is 0.872 bits per heavy atom. The van der Waals surface area contributed by atoms with E-state index in [0.29, 0.717) is 29.3 Å². The number of nitrogens with zero attached hydrogens (tertiary/aromatic N) is 2. The van der Waals surface area contributed by atoms with Crippen molar-refractivity contribution in [3.63, 3.8) is 0 Å². The molecule has 0 spiro atoms. The van der Waals surface area contributed by atoms with Crippen LogP contribution in [0.4, 0.5) is 0 Å². The minimum absolute atomic E-state index is 0. The molecule has 0 aliphatic rings. The number of hydrogen-bond acceptors (Lipinski definition) is 5. The number of aryl methyl sites for hydroxylation is 1. The molecule has 12 heteroatoms. The molecule has 0 bridgehead atoms. The molecule has 1 atom stereocenters. The highest BCUT2D eigenvalue weighted by Gasteiger charge is 2.21. The molecule has 0 saturated carbocycles. The zero-order valence-electron chi connectivity index (χ0n) is 27.0. The fourth-order valence-electron chi connectivity index (χ4n) is 4.76. The number of amides is 1. The van der Waals surface area contributed by atoms with E-state index in [1.165, 1.54) is 11.1 Å². The Kier molecular flexibility index (Phi) is 17.7. The van der Waals surface area contributed by atoms with Gasteiger partial charge in [-0.05, 0) is 66.8 Å². The molecule has 47 heavy (non-hydrogen) atoms. The first kappa shape index (κ1) is 41.5. The highest BCUT2D eigenvalue weighted by atomic mass is 35.5. The van der Waals surface area contributed by atoms with Crippen molar-refractivity contribution < 1.29 is 38.0 Å². The SMILES string of the molecule is CC(C)Oc1cccc(CC(=O)N(C)CC(CC[n+]2ccc(Cc3ccccc3)cc2)c2ccc(Cl)c(Cl)c2)c1.CS(=O)(=O)[O-].O.O. The molecule has 0 fully saturated rings. The lowest BCUT2D eigenvalue weighted by atomic mass is 9.94. The van der Waals surface area contributed by atoms with Crippen LogP contribution in [0.3, 0.4) is 0 Å². The van der Waals surface area contributed by atoms with E-state index < -0.39 is 10.1 Å². The van der Waals surface area contributed by atoms with Crippen LogP contribution >= 0.6 is 23.2 Å². The summed E-state index contributed by atoms with van der Waals surface area (Å²) in [4.78, 5) is 15.0. The minimum atomic E-state index is -3.92. The molecule has 0 radical (unpaired) electrons.